The minimum absolute atomic E-state index is 0.0526. The van der Waals surface area contributed by atoms with E-state index in [1.165, 1.54) is 23.2 Å². The van der Waals surface area contributed by atoms with Crippen molar-refractivity contribution in [1.82, 2.24) is 20.6 Å². The molecular weight excluding hydrogens is 460 g/mol. The smallest absolute Gasteiger partial charge is 0.241 e. The molecule has 6 rings (SSSR count). The fourth-order valence-electron chi connectivity index (χ4n) is 5.40. The minimum atomic E-state index is -0.0781. The highest BCUT2D eigenvalue weighted by molar-refractivity contribution is 5.95. The predicted molar refractivity (Wildman–Crippen MR) is 148 cm³/mol. The van der Waals surface area contributed by atoms with Crippen molar-refractivity contribution < 1.29 is 4.79 Å². The van der Waals surface area contributed by atoms with E-state index in [4.69, 9.17) is 4.98 Å². The zero-order valence-electron chi connectivity index (χ0n) is 21.0. The van der Waals surface area contributed by atoms with Crippen LogP contribution in [0.1, 0.15) is 48.7 Å². The average molecular weight is 495 g/mol. The number of para-hydroxylation sites is 1. The normalized spacial score (nSPS) is 19.4. The molecule has 4 N–H and O–H groups in total. The first-order chi connectivity index (χ1) is 18.2. The summed E-state index contributed by atoms with van der Waals surface area (Å²) in [5.41, 5.74) is 6.53. The number of carbonyl (C=O) groups is 1. The number of H-pyrrole nitrogens is 1. The SMILES string of the molecule is O=C(Nc1ccc(CN(Cc2ccc3[nH]c(C4CCCN4)nc3c2)c2ccccc2)cc1)[C@@H]1CCCN1. The zero-order valence-corrected chi connectivity index (χ0v) is 21.0. The van der Waals surface area contributed by atoms with E-state index in [1.807, 2.05) is 18.2 Å². The Morgan fingerprint density at radius 1 is 0.892 bits per heavy atom. The minimum Gasteiger partial charge on any atom is -0.363 e. The van der Waals surface area contributed by atoms with E-state index in [-0.39, 0.29) is 11.9 Å². The molecule has 2 aliphatic rings. The van der Waals surface area contributed by atoms with E-state index in [9.17, 15) is 4.79 Å². The molecule has 0 bridgehead atoms. The van der Waals surface area contributed by atoms with Gasteiger partial charge in [-0.25, -0.2) is 4.98 Å². The summed E-state index contributed by atoms with van der Waals surface area (Å²) in [5.74, 6) is 1.09. The first kappa shape index (κ1) is 23.7. The van der Waals surface area contributed by atoms with E-state index >= 15 is 0 Å². The van der Waals surface area contributed by atoms with Crippen LogP contribution in [-0.2, 0) is 17.9 Å². The number of rotatable bonds is 8. The van der Waals surface area contributed by atoms with Crippen LogP contribution in [-0.4, -0.2) is 35.0 Å². The Balaban J connectivity index is 1.18. The maximum atomic E-state index is 12.4. The number of nitrogens with zero attached hydrogens (tertiary/aromatic N) is 2. The number of imidazole rings is 1. The quantitative estimate of drug-likeness (QED) is 0.280. The molecule has 37 heavy (non-hydrogen) atoms. The molecular formula is C30H34N6O. The van der Waals surface area contributed by atoms with Crippen molar-refractivity contribution >= 4 is 28.3 Å². The van der Waals surface area contributed by atoms with E-state index in [0.29, 0.717) is 6.04 Å². The number of amides is 1. The second-order valence-corrected chi connectivity index (χ2v) is 10.1. The summed E-state index contributed by atoms with van der Waals surface area (Å²) in [4.78, 5) is 23.2. The standard InChI is InChI=1S/C30H34N6O/c37-30(27-9-5-17-32-27)33-23-13-10-21(11-14-23)19-36(24-6-2-1-3-7-24)20-22-12-15-25-28(18-22)35-29(34-25)26-8-4-16-31-26/h1-3,6-7,10-15,18,26-27,31-32H,4-5,8-9,16-17,19-20H2,(H,33,37)(H,34,35)/t26?,27-/m0/s1. The second kappa shape index (κ2) is 10.7. The third-order valence-corrected chi connectivity index (χ3v) is 7.42. The summed E-state index contributed by atoms with van der Waals surface area (Å²) in [7, 11) is 0. The third-order valence-electron chi connectivity index (χ3n) is 7.42. The highest BCUT2D eigenvalue weighted by atomic mass is 16.2. The average Bonchev–Trinajstić information content (AvgIpc) is 3.71. The van der Waals surface area contributed by atoms with Gasteiger partial charge in [0.2, 0.25) is 5.91 Å². The number of hydrogen-bond donors (Lipinski definition) is 4. The molecule has 2 fully saturated rings. The number of aromatic amines is 1. The van der Waals surface area contributed by atoms with Crippen molar-refractivity contribution in [2.75, 3.05) is 23.3 Å². The first-order valence-electron chi connectivity index (χ1n) is 13.4. The number of hydrogen-bond acceptors (Lipinski definition) is 5. The van der Waals surface area contributed by atoms with E-state index in [0.717, 1.165) is 68.0 Å². The molecule has 0 aliphatic carbocycles. The molecule has 1 aromatic heterocycles. The van der Waals surface area contributed by atoms with Gasteiger partial charge in [0.25, 0.3) is 0 Å². The Kier molecular flexibility index (Phi) is 6.88. The van der Waals surface area contributed by atoms with Gasteiger partial charge in [-0.2, -0.15) is 0 Å². The number of nitrogens with one attached hydrogen (secondary N) is 4. The molecule has 0 radical (unpaired) electrons. The van der Waals surface area contributed by atoms with Gasteiger partial charge in [0.05, 0.1) is 23.1 Å². The molecule has 1 unspecified atom stereocenters. The van der Waals surface area contributed by atoms with Gasteiger partial charge in [0, 0.05) is 24.5 Å². The number of aromatic nitrogens is 2. The van der Waals surface area contributed by atoms with Gasteiger partial charge in [0.15, 0.2) is 0 Å². The summed E-state index contributed by atoms with van der Waals surface area (Å²) >= 11 is 0. The van der Waals surface area contributed by atoms with Gasteiger partial charge >= 0.3 is 0 Å². The van der Waals surface area contributed by atoms with Gasteiger partial charge in [-0.1, -0.05) is 36.4 Å². The summed E-state index contributed by atoms with van der Waals surface area (Å²) in [6.45, 7) is 3.51. The number of anilines is 2. The lowest BCUT2D eigenvalue weighted by Gasteiger charge is -2.25. The van der Waals surface area contributed by atoms with Gasteiger partial charge in [-0.05, 0) is 86.3 Å². The van der Waals surface area contributed by atoms with Crippen LogP contribution >= 0.6 is 0 Å². The predicted octanol–water partition coefficient (Wildman–Crippen LogP) is 4.88. The molecule has 0 saturated carbocycles. The fourth-order valence-corrected chi connectivity index (χ4v) is 5.40. The molecule has 2 saturated heterocycles. The fraction of sp³-hybridized carbons (Fsp3) is 0.333. The highest BCUT2D eigenvalue weighted by Gasteiger charge is 2.22. The van der Waals surface area contributed by atoms with Crippen molar-refractivity contribution in [3.05, 3.63) is 89.7 Å². The molecule has 3 heterocycles. The van der Waals surface area contributed by atoms with Gasteiger partial charge in [-0.15, -0.1) is 0 Å². The van der Waals surface area contributed by atoms with Crippen molar-refractivity contribution in [3.8, 4) is 0 Å². The van der Waals surface area contributed by atoms with Gasteiger partial charge < -0.3 is 25.8 Å². The molecule has 1 amide bonds. The molecule has 7 heteroatoms. The zero-order chi connectivity index (χ0) is 25.0. The van der Waals surface area contributed by atoms with Crippen LogP contribution in [0.2, 0.25) is 0 Å². The van der Waals surface area contributed by atoms with E-state index in [1.54, 1.807) is 0 Å². The Bertz CT molecular complexity index is 1340. The van der Waals surface area contributed by atoms with Crippen molar-refractivity contribution in [2.24, 2.45) is 0 Å². The summed E-state index contributed by atoms with van der Waals surface area (Å²) in [6, 6.07) is 25.5. The van der Waals surface area contributed by atoms with Crippen LogP contribution in [0.4, 0.5) is 11.4 Å². The highest BCUT2D eigenvalue weighted by Crippen LogP contribution is 2.26. The Morgan fingerprint density at radius 2 is 1.65 bits per heavy atom. The second-order valence-electron chi connectivity index (χ2n) is 10.1. The largest absolute Gasteiger partial charge is 0.363 e. The molecule has 190 valence electrons. The van der Waals surface area contributed by atoms with Crippen LogP contribution in [0.3, 0.4) is 0 Å². The Labute approximate surface area is 217 Å². The van der Waals surface area contributed by atoms with Crippen molar-refractivity contribution in [2.45, 2.75) is 50.9 Å². The van der Waals surface area contributed by atoms with Crippen LogP contribution in [0.15, 0.2) is 72.8 Å². The lowest BCUT2D eigenvalue weighted by atomic mass is 10.1. The van der Waals surface area contributed by atoms with Crippen LogP contribution in [0.25, 0.3) is 11.0 Å². The van der Waals surface area contributed by atoms with Crippen LogP contribution in [0, 0.1) is 0 Å². The van der Waals surface area contributed by atoms with Crippen LogP contribution in [0.5, 0.6) is 0 Å². The maximum absolute atomic E-state index is 12.4. The molecule has 2 atom stereocenters. The number of benzene rings is 3. The Morgan fingerprint density at radius 3 is 2.41 bits per heavy atom. The molecule has 4 aromatic rings. The molecule has 3 aromatic carbocycles. The van der Waals surface area contributed by atoms with Gasteiger partial charge in [0.1, 0.15) is 5.82 Å². The monoisotopic (exact) mass is 494 g/mol. The van der Waals surface area contributed by atoms with E-state index < -0.39 is 0 Å². The van der Waals surface area contributed by atoms with Crippen molar-refractivity contribution in [3.63, 3.8) is 0 Å². The topological polar surface area (TPSA) is 85.1 Å². The maximum Gasteiger partial charge on any atom is 0.241 e. The Hall–Kier alpha value is -3.68. The number of carbonyl (C=O) groups excluding carboxylic acids is 1. The van der Waals surface area contributed by atoms with Crippen molar-refractivity contribution in [1.29, 1.82) is 0 Å². The lowest BCUT2D eigenvalue weighted by Crippen LogP contribution is -2.35. The lowest BCUT2D eigenvalue weighted by molar-refractivity contribution is -0.117. The van der Waals surface area contributed by atoms with Gasteiger partial charge in [-0.3, -0.25) is 4.79 Å². The summed E-state index contributed by atoms with van der Waals surface area (Å²) in [6.07, 6.45) is 4.29. The third kappa shape index (κ3) is 5.53. The van der Waals surface area contributed by atoms with E-state index in [2.05, 4.69) is 80.4 Å². The molecule has 2 aliphatic heterocycles. The molecule has 7 nitrogen and oxygen atoms in total. The summed E-state index contributed by atoms with van der Waals surface area (Å²) in [5, 5.41) is 9.83. The van der Waals surface area contributed by atoms with Crippen LogP contribution < -0.4 is 20.9 Å². The number of fused-ring (bicyclic) bond motifs is 1. The molecule has 0 spiro atoms. The first-order valence-corrected chi connectivity index (χ1v) is 13.4. The summed E-state index contributed by atoms with van der Waals surface area (Å²) < 4.78 is 0.